The van der Waals surface area contributed by atoms with Gasteiger partial charge in [0, 0.05) is 5.56 Å². The van der Waals surface area contributed by atoms with Gasteiger partial charge in [-0.25, -0.2) is 15.0 Å². The molecular formula is C14H12N2O5. The molecule has 2 rings (SSSR count). The van der Waals surface area contributed by atoms with Crippen LogP contribution in [0.15, 0.2) is 45.9 Å². The maximum absolute atomic E-state index is 10.8. The summed E-state index contributed by atoms with van der Waals surface area (Å²) in [6.45, 7) is 0. The summed E-state index contributed by atoms with van der Waals surface area (Å²) in [4.78, 5) is 21.6. The van der Waals surface area contributed by atoms with E-state index < -0.39 is 12.1 Å². The van der Waals surface area contributed by atoms with Crippen LogP contribution in [-0.2, 0) is 4.74 Å². The minimum Gasteiger partial charge on any atom is -0.478 e. The Labute approximate surface area is 119 Å². The number of furan rings is 1. The molecule has 0 unspecified atom stereocenters. The van der Waals surface area contributed by atoms with E-state index in [1.165, 1.54) is 25.5 Å². The van der Waals surface area contributed by atoms with Gasteiger partial charge >= 0.3 is 12.1 Å². The molecular weight excluding hydrogens is 276 g/mol. The van der Waals surface area contributed by atoms with Gasteiger partial charge in [-0.2, -0.15) is 5.10 Å². The first-order chi connectivity index (χ1) is 10.1. The van der Waals surface area contributed by atoms with E-state index in [2.05, 4.69) is 15.3 Å². The zero-order valence-electron chi connectivity index (χ0n) is 11.1. The molecule has 0 fully saturated rings. The summed E-state index contributed by atoms with van der Waals surface area (Å²) in [7, 11) is 1.23. The molecule has 1 aromatic carbocycles. The van der Waals surface area contributed by atoms with Crippen molar-refractivity contribution in [1.29, 1.82) is 0 Å². The minimum absolute atomic E-state index is 0.203. The van der Waals surface area contributed by atoms with E-state index in [1.807, 2.05) is 0 Å². The van der Waals surface area contributed by atoms with Crippen LogP contribution < -0.4 is 5.43 Å². The molecule has 0 atom stereocenters. The van der Waals surface area contributed by atoms with Crippen LogP contribution in [0.3, 0.4) is 0 Å². The third kappa shape index (κ3) is 3.69. The molecule has 7 heteroatoms. The van der Waals surface area contributed by atoms with Gasteiger partial charge in [0.1, 0.15) is 11.5 Å². The van der Waals surface area contributed by atoms with Gasteiger partial charge in [0.2, 0.25) is 0 Å². The lowest BCUT2D eigenvalue weighted by Crippen LogP contribution is -2.16. The molecule has 0 radical (unpaired) electrons. The largest absolute Gasteiger partial charge is 0.478 e. The summed E-state index contributed by atoms with van der Waals surface area (Å²) in [5.41, 5.74) is 3.07. The maximum atomic E-state index is 10.8. The number of carbonyl (C=O) groups is 2. The van der Waals surface area contributed by atoms with Crippen molar-refractivity contribution in [1.82, 2.24) is 5.43 Å². The molecule has 108 valence electrons. The predicted molar refractivity (Wildman–Crippen MR) is 74.2 cm³/mol. The number of aromatic carboxylic acids is 1. The first-order valence-electron chi connectivity index (χ1n) is 5.91. The molecule has 0 saturated heterocycles. The molecule has 0 aliphatic rings. The highest BCUT2D eigenvalue weighted by atomic mass is 16.5. The number of hydrogen-bond donors (Lipinski definition) is 2. The van der Waals surface area contributed by atoms with Crippen molar-refractivity contribution in [2.24, 2.45) is 5.10 Å². The van der Waals surface area contributed by atoms with E-state index >= 15 is 0 Å². The minimum atomic E-state index is -0.984. The number of carboxylic acids is 1. The highest BCUT2D eigenvalue weighted by Gasteiger charge is 2.06. The fraction of sp³-hybridized carbons (Fsp3) is 0.0714. The van der Waals surface area contributed by atoms with Crippen molar-refractivity contribution < 1.29 is 23.8 Å². The zero-order chi connectivity index (χ0) is 15.2. The average molecular weight is 288 g/mol. The summed E-state index contributed by atoms with van der Waals surface area (Å²) < 4.78 is 9.85. The lowest BCUT2D eigenvalue weighted by Gasteiger charge is -1.98. The van der Waals surface area contributed by atoms with Gasteiger partial charge in [-0.15, -0.1) is 0 Å². The van der Waals surface area contributed by atoms with Crippen LogP contribution >= 0.6 is 0 Å². The second-order valence-corrected chi connectivity index (χ2v) is 3.95. The maximum Gasteiger partial charge on any atom is 0.427 e. The molecule has 2 aromatic rings. The molecule has 1 amide bonds. The number of hydrogen-bond acceptors (Lipinski definition) is 5. The van der Waals surface area contributed by atoms with E-state index in [0.29, 0.717) is 11.5 Å². The van der Waals surface area contributed by atoms with Gasteiger partial charge in [-0.05, 0) is 24.3 Å². The first kappa shape index (κ1) is 14.3. The monoisotopic (exact) mass is 288 g/mol. The number of amides is 1. The number of nitrogens with zero attached hydrogens (tertiary/aromatic N) is 1. The lowest BCUT2D eigenvalue weighted by atomic mass is 10.1. The molecule has 0 aliphatic heterocycles. The molecule has 0 bridgehead atoms. The van der Waals surface area contributed by atoms with Crippen LogP contribution in [0.1, 0.15) is 16.1 Å². The van der Waals surface area contributed by atoms with Crippen molar-refractivity contribution in [3.8, 4) is 11.3 Å². The number of ether oxygens (including phenoxy) is 1. The quantitative estimate of drug-likeness (QED) is 0.664. The van der Waals surface area contributed by atoms with Gasteiger partial charge in [0.05, 0.1) is 18.9 Å². The van der Waals surface area contributed by atoms with Gasteiger partial charge in [-0.1, -0.05) is 12.1 Å². The van der Waals surface area contributed by atoms with Crippen molar-refractivity contribution in [3.05, 3.63) is 47.7 Å². The number of carbonyl (C=O) groups excluding carboxylic acids is 1. The third-order valence-electron chi connectivity index (χ3n) is 2.58. The van der Waals surface area contributed by atoms with Crippen molar-refractivity contribution in [2.45, 2.75) is 0 Å². The smallest absolute Gasteiger partial charge is 0.427 e. The van der Waals surface area contributed by atoms with Crippen molar-refractivity contribution in [3.63, 3.8) is 0 Å². The fourth-order valence-electron chi connectivity index (χ4n) is 1.55. The molecule has 7 nitrogen and oxygen atoms in total. The number of benzene rings is 1. The van der Waals surface area contributed by atoms with Crippen molar-refractivity contribution >= 4 is 18.3 Å². The summed E-state index contributed by atoms with van der Waals surface area (Å²) >= 11 is 0. The standard InChI is InChI=1S/C14H12N2O5/c1-20-14(19)16-15-8-11-6-7-12(21-11)9-2-4-10(5-3-9)13(17)18/h2-8H,1H3,(H,16,19)(H,17,18)/b15-8-. The van der Waals surface area contributed by atoms with E-state index in [4.69, 9.17) is 9.52 Å². The normalized spacial score (nSPS) is 10.5. The van der Waals surface area contributed by atoms with E-state index in [0.717, 1.165) is 5.56 Å². The van der Waals surface area contributed by atoms with Crippen LogP contribution in [0.2, 0.25) is 0 Å². The Morgan fingerprint density at radius 3 is 2.57 bits per heavy atom. The molecule has 2 N–H and O–H groups in total. The van der Waals surface area contributed by atoms with Gasteiger partial charge < -0.3 is 14.3 Å². The second-order valence-electron chi connectivity index (χ2n) is 3.95. The highest BCUT2D eigenvalue weighted by Crippen LogP contribution is 2.22. The number of rotatable bonds is 4. The van der Waals surface area contributed by atoms with Gasteiger partial charge in [0.25, 0.3) is 0 Å². The van der Waals surface area contributed by atoms with E-state index in [9.17, 15) is 9.59 Å². The topological polar surface area (TPSA) is 101 Å². The molecule has 0 aliphatic carbocycles. The molecule has 1 heterocycles. The van der Waals surface area contributed by atoms with Gasteiger partial charge in [-0.3, -0.25) is 0 Å². The van der Waals surface area contributed by atoms with E-state index in [1.54, 1.807) is 24.3 Å². The average Bonchev–Trinajstić information content (AvgIpc) is 2.96. The lowest BCUT2D eigenvalue weighted by molar-refractivity contribution is 0.0697. The van der Waals surface area contributed by atoms with Crippen LogP contribution in [0.4, 0.5) is 4.79 Å². The molecule has 21 heavy (non-hydrogen) atoms. The summed E-state index contributed by atoms with van der Waals surface area (Å²) in [6.07, 6.45) is 0.647. The Balaban J connectivity index is 2.09. The van der Waals surface area contributed by atoms with Crippen LogP contribution in [0.5, 0.6) is 0 Å². The van der Waals surface area contributed by atoms with E-state index in [-0.39, 0.29) is 5.56 Å². The Morgan fingerprint density at radius 1 is 1.24 bits per heavy atom. The molecule has 0 saturated carbocycles. The number of nitrogens with one attached hydrogen (secondary N) is 1. The molecule has 1 aromatic heterocycles. The number of carboxylic acid groups (broad SMARTS) is 1. The number of hydrazone groups is 1. The highest BCUT2D eigenvalue weighted by molar-refractivity contribution is 5.88. The summed E-state index contributed by atoms with van der Waals surface area (Å²) in [6, 6.07) is 9.67. The third-order valence-corrected chi connectivity index (χ3v) is 2.58. The zero-order valence-corrected chi connectivity index (χ0v) is 11.1. The van der Waals surface area contributed by atoms with Gasteiger partial charge in [0.15, 0.2) is 0 Å². The summed E-state index contributed by atoms with van der Waals surface area (Å²) in [5.74, 6) is 0.0119. The first-order valence-corrected chi connectivity index (χ1v) is 5.91. The van der Waals surface area contributed by atoms with Crippen molar-refractivity contribution in [2.75, 3.05) is 7.11 Å². The molecule has 0 spiro atoms. The Hall–Kier alpha value is -3.09. The Kier molecular flexibility index (Phi) is 4.35. The SMILES string of the molecule is COC(=O)N/N=C\c1ccc(-c2ccc(C(=O)O)cc2)o1. The Morgan fingerprint density at radius 2 is 1.95 bits per heavy atom. The van der Waals surface area contributed by atoms with Crippen LogP contribution in [0, 0.1) is 0 Å². The second kappa shape index (κ2) is 6.38. The van der Waals surface area contributed by atoms with Crippen LogP contribution in [-0.4, -0.2) is 30.5 Å². The number of methoxy groups -OCH3 is 1. The fourth-order valence-corrected chi connectivity index (χ4v) is 1.55. The predicted octanol–water partition coefficient (Wildman–Crippen LogP) is 2.33. The van der Waals surface area contributed by atoms with Crippen LogP contribution in [0.25, 0.3) is 11.3 Å². The Bertz CT molecular complexity index is 673. The summed E-state index contributed by atoms with van der Waals surface area (Å²) in [5, 5.41) is 12.5.